The molecule has 1 N–H and O–H groups in total. The summed E-state index contributed by atoms with van der Waals surface area (Å²) in [6.07, 6.45) is 1.55. The predicted molar refractivity (Wildman–Crippen MR) is 154 cm³/mol. The van der Waals surface area contributed by atoms with Crippen LogP contribution < -0.4 is 24.4 Å². The number of ether oxygens (including phenoxy) is 3. The first-order valence-electron chi connectivity index (χ1n) is 12.0. The predicted octanol–water partition coefficient (Wildman–Crippen LogP) is 5.99. The molecule has 194 valence electrons. The highest BCUT2D eigenvalue weighted by molar-refractivity contribution is 7.80. The van der Waals surface area contributed by atoms with Crippen molar-refractivity contribution in [2.75, 3.05) is 19.1 Å². The van der Waals surface area contributed by atoms with Gasteiger partial charge in [0.1, 0.15) is 17.1 Å². The van der Waals surface area contributed by atoms with Crippen LogP contribution in [0.1, 0.15) is 5.56 Å². The summed E-state index contributed by atoms with van der Waals surface area (Å²) >= 11 is 5.32. The molecule has 5 rings (SSSR count). The lowest BCUT2D eigenvalue weighted by molar-refractivity contribution is -0.122. The van der Waals surface area contributed by atoms with Crippen LogP contribution in [0.2, 0.25) is 0 Å². The summed E-state index contributed by atoms with van der Waals surface area (Å²) in [5.74, 6) is 1.52. The van der Waals surface area contributed by atoms with Gasteiger partial charge < -0.3 is 14.2 Å². The Bertz CT molecular complexity index is 1570. The van der Waals surface area contributed by atoms with Crippen LogP contribution in [0.4, 0.5) is 5.69 Å². The van der Waals surface area contributed by atoms with Crippen molar-refractivity contribution < 1.29 is 23.8 Å². The van der Waals surface area contributed by atoms with Gasteiger partial charge in [0.05, 0.1) is 19.9 Å². The number of thiocarbonyl (C=S) groups is 1. The standard InChI is InChI=1S/C31H24N2O5S/c1-36-27-17-12-22(19-28(27)37-2)21-10-8-20(9-11-21)18-26-29(34)32-31(39)33(30(26)35)23-13-15-25(16-14-23)38-24-6-4-3-5-7-24/h3-19H,1-2H3,(H,32,34,39)/b26-18+. The Morgan fingerprint density at radius 2 is 1.38 bits per heavy atom. The molecule has 0 atom stereocenters. The van der Waals surface area contributed by atoms with Crippen molar-refractivity contribution in [3.8, 4) is 34.1 Å². The van der Waals surface area contributed by atoms with Crippen molar-refractivity contribution in [3.05, 3.63) is 108 Å². The van der Waals surface area contributed by atoms with E-state index >= 15 is 0 Å². The first-order chi connectivity index (χ1) is 19.0. The normalized spacial score (nSPS) is 14.3. The number of hydrogen-bond acceptors (Lipinski definition) is 6. The van der Waals surface area contributed by atoms with Crippen LogP contribution in [0.5, 0.6) is 23.0 Å². The molecule has 8 heteroatoms. The van der Waals surface area contributed by atoms with E-state index in [2.05, 4.69) is 5.32 Å². The second-order valence-electron chi connectivity index (χ2n) is 8.56. The fourth-order valence-corrected chi connectivity index (χ4v) is 4.42. The van der Waals surface area contributed by atoms with Gasteiger partial charge in [-0.05, 0) is 83.5 Å². The van der Waals surface area contributed by atoms with E-state index in [0.29, 0.717) is 34.2 Å². The lowest BCUT2D eigenvalue weighted by atomic mass is 10.0. The summed E-state index contributed by atoms with van der Waals surface area (Å²) in [6, 6.07) is 29.5. The molecule has 0 radical (unpaired) electrons. The van der Waals surface area contributed by atoms with E-state index in [4.69, 9.17) is 26.4 Å². The zero-order chi connectivity index (χ0) is 27.4. The topological polar surface area (TPSA) is 77.1 Å². The molecule has 1 heterocycles. The molecule has 4 aromatic carbocycles. The van der Waals surface area contributed by atoms with Gasteiger partial charge in [0.2, 0.25) is 0 Å². The van der Waals surface area contributed by atoms with Crippen molar-refractivity contribution in [2.24, 2.45) is 0 Å². The molecule has 0 aliphatic carbocycles. The molecule has 0 bridgehead atoms. The summed E-state index contributed by atoms with van der Waals surface area (Å²) in [5, 5.41) is 2.63. The largest absolute Gasteiger partial charge is 0.493 e. The maximum absolute atomic E-state index is 13.4. The second-order valence-corrected chi connectivity index (χ2v) is 8.95. The molecular weight excluding hydrogens is 512 g/mol. The molecule has 39 heavy (non-hydrogen) atoms. The Morgan fingerprint density at radius 1 is 0.744 bits per heavy atom. The van der Waals surface area contributed by atoms with Crippen LogP contribution in [-0.2, 0) is 9.59 Å². The van der Waals surface area contributed by atoms with Gasteiger partial charge in [-0.3, -0.25) is 19.8 Å². The third-order valence-electron chi connectivity index (χ3n) is 6.11. The molecule has 1 saturated heterocycles. The average Bonchev–Trinajstić information content (AvgIpc) is 2.96. The minimum atomic E-state index is -0.547. The van der Waals surface area contributed by atoms with Crippen molar-refractivity contribution >= 4 is 40.9 Å². The van der Waals surface area contributed by atoms with E-state index in [1.54, 1.807) is 44.6 Å². The Morgan fingerprint density at radius 3 is 2.05 bits per heavy atom. The number of nitrogens with zero attached hydrogens (tertiary/aromatic N) is 1. The zero-order valence-electron chi connectivity index (χ0n) is 21.2. The van der Waals surface area contributed by atoms with E-state index in [9.17, 15) is 9.59 Å². The van der Waals surface area contributed by atoms with Gasteiger partial charge in [0.15, 0.2) is 16.6 Å². The van der Waals surface area contributed by atoms with Gasteiger partial charge in [0, 0.05) is 0 Å². The van der Waals surface area contributed by atoms with E-state index in [0.717, 1.165) is 11.1 Å². The third-order valence-corrected chi connectivity index (χ3v) is 6.40. The Balaban J connectivity index is 1.36. The summed E-state index contributed by atoms with van der Waals surface area (Å²) in [4.78, 5) is 27.4. The number of carbonyl (C=O) groups excluding carboxylic acids is 2. The van der Waals surface area contributed by atoms with Crippen molar-refractivity contribution in [1.29, 1.82) is 0 Å². The number of hydrogen-bond donors (Lipinski definition) is 1. The van der Waals surface area contributed by atoms with E-state index < -0.39 is 11.8 Å². The first-order valence-corrected chi connectivity index (χ1v) is 12.4. The molecule has 7 nitrogen and oxygen atoms in total. The molecule has 1 aliphatic rings. The molecule has 2 amide bonds. The van der Waals surface area contributed by atoms with Gasteiger partial charge in [-0.1, -0.05) is 48.5 Å². The summed E-state index contributed by atoms with van der Waals surface area (Å²) in [6.45, 7) is 0. The van der Waals surface area contributed by atoms with Gasteiger partial charge in [0.25, 0.3) is 11.8 Å². The smallest absolute Gasteiger partial charge is 0.270 e. The molecule has 0 spiro atoms. The highest BCUT2D eigenvalue weighted by atomic mass is 32.1. The average molecular weight is 537 g/mol. The second kappa shape index (κ2) is 11.2. The number of carbonyl (C=O) groups is 2. The fourth-order valence-electron chi connectivity index (χ4n) is 4.13. The lowest BCUT2D eigenvalue weighted by Gasteiger charge is -2.29. The molecule has 4 aromatic rings. The zero-order valence-corrected chi connectivity index (χ0v) is 22.0. The third kappa shape index (κ3) is 5.51. The van der Waals surface area contributed by atoms with Gasteiger partial charge in [-0.15, -0.1) is 0 Å². The number of para-hydroxylation sites is 1. The lowest BCUT2D eigenvalue weighted by Crippen LogP contribution is -2.54. The Labute approximate surface area is 231 Å². The number of benzene rings is 4. The molecular formula is C31H24N2O5S. The molecule has 1 aliphatic heterocycles. The first kappa shape index (κ1) is 25.7. The number of nitrogens with one attached hydrogen (secondary N) is 1. The Kier molecular flexibility index (Phi) is 7.38. The molecule has 0 aromatic heterocycles. The Hall–Kier alpha value is -4.95. The van der Waals surface area contributed by atoms with E-state index in [-0.39, 0.29) is 10.7 Å². The van der Waals surface area contributed by atoms with Crippen LogP contribution in [0.15, 0.2) is 103 Å². The van der Waals surface area contributed by atoms with Crippen LogP contribution >= 0.6 is 12.2 Å². The quantitative estimate of drug-likeness (QED) is 0.178. The minimum Gasteiger partial charge on any atom is -0.493 e. The van der Waals surface area contributed by atoms with Crippen molar-refractivity contribution in [1.82, 2.24) is 5.32 Å². The van der Waals surface area contributed by atoms with E-state index in [1.807, 2.05) is 72.8 Å². The van der Waals surface area contributed by atoms with Gasteiger partial charge in [-0.25, -0.2) is 0 Å². The maximum Gasteiger partial charge on any atom is 0.270 e. The number of rotatable bonds is 7. The molecule has 0 saturated carbocycles. The van der Waals surface area contributed by atoms with Gasteiger partial charge in [-0.2, -0.15) is 0 Å². The summed E-state index contributed by atoms with van der Waals surface area (Å²) in [5.41, 5.74) is 3.07. The summed E-state index contributed by atoms with van der Waals surface area (Å²) in [7, 11) is 3.18. The molecule has 1 fully saturated rings. The van der Waals surface area contributed by atoms with Crippen molar-refractivity contribution in [3.63, 3.8) is 0 Å². The van der Waals surface area contributed by atoms with Gasteiger partial charge >= 0.3 is 0 Å². The number of methoxy groups -OCH3 is 2. The number of amides is 2. The van der Waals surface area contributed by atoms with Crippen LogP contribution in [-0.4, -0.2) is 31.1 Å². The van der Waals surface area contributed by atoms with Crippen LogP contribution in [0.25, 0.3) is 17.2 Å². The monoisotopic (exact) mass is 536 g/mol. The maximum atomic E-state index is 13.4. The SMILES string of the molecule is COc1ccc(-c2ccc(/C=C3\C(=O)NC(=S)N(c4ccc(Oc5ccccc5)cc4)C3=O)cc2)cc1OC. The summed E-state index contributed by atoms with van der Waals surface area (Å²) < 4.78 is 16.5. The minimum absolute atomic E-state index is 0.0164. The fraction of sp³-hybridized carbons (Fsp3) is 0.0645. The highest BCUT2D eigenvalue weighted by Gasteiger charge is 2.34. The molecule has 0 unspecified atom stereocenters. The van der Waals surface area contributed by atoms with Crippen LogP contribution in [0.3, 0.4) is 0 Å². The number of anilines is 1. The van der Waals surface area contributed by atoms with Crippen LogP contribution in [0, 0.1) is 0 Å². The highest BCUT2D eigenvalue weighted by Crippen LogP contribution is 2.33. The van der Waals surface area contributed by atoms with E-state index in [1.165, 1.54) is 4.90 Å². The van der Waals surface area contributed by atoms with Crippen molar-refractivity contribution in [2.45, 2.75) is 0 Å².